The van der Waals surface area contributed by atoms with Crippen molar-refractivity contribution in [3.8, 4) is 0 Å². The van der Waals surface area contributed by atoms with Crippen LogP contribution in [0, 0.1) is 6.92 Å². The van der Waals surface area contributed by atoms with Crippen LogP contribution in [0.1, 0.15) is 33.2 Å². The van der Waals surface area contributed by atoms with Gasteiger partial charge >= 0.3 is 0 Å². The topological polar surface area (TPSA) is 57.7 Å². The van der Waals surface area contributed by atoms with Crippen LogP contribution in [0.5, 0.6) is 0 Å². The van der Waals surface area contributed by atoms with E-state index in [1.54, 1.807) is 30.3 Å². The van der Waals surface area contributed by atoms with E-state index in [0.717, 1.165) is 10.5 Å². The number of para-hydroxylation sites is 1. The number of imide groups is 1. The summed E-state index contributed by atoms with van der Waals surface area (Å²) in [6, 6.07) is 14.1. The molecule has 0 saturated heterocycles. The number of aryl methyl sites for hydroxylation is 1. The van der Waals surface area contributed by atoms with Crippen LogP contribution in [0.15, 0.2) is 48.5 Å². The summed E-state index contributed by atoms with van der Waals surface area (Å²) < 4.78 is 0. The summed E-state index contributed by atoms with van der Waals surface area (Å²) >= 11 is 0. The summed E-state index contributed by atoms with van der Waals surface area (Å²) in [7, 11) is 0. The highest BCUT2D eigenvalue weighted by Gasteiger charge is 2.36. The Labute approximate surface area is 134 Å². The van der Waals surface area contributed by atoms with E-state index < -0.39 is 0 Å². The monoisotopic (exact) mass is 308 g/mol. The van der Waals surface area contributed by atoms with Crippen molar-refractivity contribution in [3.05, 3.63) is 65.2 Å². The van der Waals surface area contributed by atoms with Gasteiger partial charge in [-0.3, -0.25) is 24.2 Å². The predicted molar refractivity (Wildman–Crippen MR) is 86.1 cm³/mol. The Morgan fingerprint density at radius 3 is 2.00 bits per heavy atom. The Morgan fingerprint density at radius 2 is 1.48 bits per heavy atom. The molecular formula is C18H16N2O3. The molecule has 0 spiro atoms. The maximum Gasteiger partial charge on any atom is 0.263 e. The molecule has 0 aromatic heterocycles. The van der Waals surface area contributed by atoms with E-state index in [9.17, 15) is 14.4 Å². The zero-order chi connectivity index (χ0) is 16.6. The molecule has 0 saturated carbocycles. The molecule has 1 aliphatic rings. The summed E-state index contributed by atoms with van der Waals surface area (Å²) in [6.07, 6.45) is 0. The van der Waals surface area contributed by atoms with E-state index in [2.05, 4.69) is 0 Å². The zero-order valence-corrected chi connectivity index (χ0v) is 12.9. The number of benzene rings is 2. The molecule has 0 fully saturated rings. The predicted octanol–water partition coefficient (Wildman–Crippen LogP) is 2.60. The summed E-state index contributed by atoms with van der Waals surface area (Å²) in [5, 5.41) is 0. The third-order valence-corrected chi connectivity index (χ3v) is 3.95. The van der Waals surface area contributed by atoms with Gasteiger partial charge in [0.25, 0.3) is 11.8 Å². The van der Waals surface area contributed by atoms with Gasteiger partial charge < -0.3 is 0 Å². The third-order valence-electron chi connectivity index (χ3n) is 3.95. The van der Waals surface area contributed by atoms with Crippen molar-refractivity contribution in [1.82, 2.24) is 4.90 Å². The fraction of sp³-hybridized carbons (Fsp3) is 0.167. The van der Waals surface area contributed by atoms with Gasteiger partial charge in [-0.25, -0.2) is 0 Å². The van der Waals surface area contributed by atoms with Crippen LogP contribution in [0.2, 0.25) is 0 Å². The minimum atomic E-state index is -0.370. The molecule has 0 unspecified atom stereocenters. The summed E-state index contributed by atoms with van der Waals surface area (Å²) in [5.41, 5.74) is 2.35. The van der Waals surface area contributed by atoms with Crippen LogP contribution >= 0.6 is 0 Å². The minimum absolute atomic E-state index is 0.0907. The number of anilines is 1. The molecule has 116 valence electrons. The SMILES string of the molecule is CC(=O)N(CN1C(=O)c2ccccc2C1=O)c1ccccc1C. The number of carbonyl (C=O) groups is 3. The van der Waals surface area contributed by atoms with E-state index in [1.165, 1.54) is 11.8 Å². The van der Waals surface area contributed by atoms with Gasteiger partial charge in [-0.2, -0.15) is 0 Å². The van der Waals surface area contributed by atoms with Crippen molar-refractivity contribution in [3.63, 3.8) is 0 Å². The van der Waals surface area contributed by atoms with Gasteiger partial charge in [-0.05, 0) is 30.7 Å². The van der Waals surface area contributed by atoms with Crippen molar-refractivity contribution in [2.24, 2.45) is 0 Å². The lowest BCUT2D eigenvalue weighted by molar-refractivity contribution is -0.116. The fourth-order valence-corrected chi connectivity index (χ4v) is 2.72. The standard InChI is InChI=1S/C18H16N2O3/c1-12-7-3-6-10-16(12)19(13(2)21)11-20-17(22)14-8-4-5-9-15(14)18(20)23/h3-10H,11H2,1-2H3. The van der Waals surface area contributed by atoms with Crippen molar-refractivity contribution in [1.29, 1.82) is 0 Å². The average Bonchev–Trinajstić information content (AvgIpc) is 2.78. The average molecular weight is 308 g/mol. The first-order chi connectivity index (χ1) is 11.0. The Morgan fingerprint density at radius 1 is 0.957 bits per heavy atom. The van der Waals surface area contributed by atoms with Crippen molar-refractivity contribution in [2.75, 3.05) is 11.6 Å². The molecule has 3 amide bonds. The molecule has 2 aromatic rings. The molecule has 0 bridgehead atoms. The molecule has 2 aromatic carbocycles. The number of hydrogen-bond donors (Lipinski definition) is 0. The van der Waals surface area contributed by atoms with Crippen LogP contribution in [0.3, 0.4) is 0 Å². The Kier molecular flexibility index (Phi) is 3.70. The normalized spacial score (nSPS) is 13.2. The van der Waals surface area contributed by atoms with Gasteiger partial charge in [0.05, 0.1) is 11.1 Å². The lowest BCUT2D eigenvalue weighted by Gasteiger charge is -2.27. The smallest absolute Gasteiger partial charge is 0.263 e. The van der Waals surface area contributed by atoms with Gasteiger partial charge in [-0.15, -0.1) is 0 Å². The number of rotatable bonds is 3. The second-order valence-corrected chi connectivity index (χ2v) is 5.46. The second-order valence-electron chi connectivity index (χ2n) is 5.46. The molecule has 0 aliphatic carbocycles. The zero-order valence-electron chi connectivity index (χ0n) is 12.9. The minimum Gasteiger partial charge on any atom is -0.294 e. The highest BCUT2D eigenvalue weighted by Crippen LogP contribution is 2.25. The highest BCUT2D eigenvalue weighted by molar-refractivity contribution is 6.21. The van der Waals surface area contributed by atoms with Crippen molar-refractivity contribution < 1.29 is 14.4 Å². The number of hydrogen-bond acceptors (Lipinski definition) is 3. The molecule has 1 aliphatic heterocycles. The van der Waals surface area contributed by atoms with E-state index >= 15 is 0 Å². The maximum atomic E-state index is 12.4. The van der Waals surface area contributed by atoms with E-state index in [1.807, 2.05) is 25.1 Å². The van der Waals surface area contributed by atoms with Crippen LogP contribution < -0.4 is 4.90 Å². The Balaban J connectivity index is 1.94. The second kappa shape index (κ2) is 5.68. The van der Waals surface area contributed by atoms with Crippen LogP contribution in [-0.4, -0.2) is 29.3 Å². The van der Waals surface area contributed by atoms with Crippen molar-refractivity contribution >= 4 is 23.4 Å². The summed E-state index contributed by atoms with van der Waals surface area (Å²) in [5.74, 6) is -0.966. The first-order valence-electron chi connectivity index (χ1n) is 7.29. The molecule has 1 heterocycles. The molecule has 3 rings (SSSR count). The van der Waals surface area contributed by atoms with Crippen molar-refractivity contribution in [2.45, 2.75) is 13.8 Å². The van der Waals surface area contributed by atoms with Crippen LogP contribution in [-0.2, 0) is 4.79 Å². The van der Waals surface area contributed by atoms with E-state index in [4.69, 9.17) is 0 Å². The van der Waals surface area contributed by atoms with Crippen LogP contribution in [0.4, 0.5) is 5.69 Å². The number of nitrogens with zero attached hydrogens (tertiary/aromatic N) is 2. The Hall–Kier alpha value is -2.95. The molecule has 0 N–H and O–H groups in total. The molecule has 23 heavy (non-hydrogen) atoms. The van der Waals surface area contributed by atoms with Gasteiger partial charge in [0.15, 0.2) is 0 Å². The fourth-order valence-electron chi connectivity index (χ4n) is 2.72. The summed E-state index contributed by atoms with van der Waals surface area (Å²) in [4.78, 5) is 39.5. The molecule has 5 heteroatoms. The van der Waals surface area contributed by atoms with E-state index in [0.29, 0.717) is 16.8 Å². The first-order valence-corrected chi connectivity index (χ1v) is 7.29. The Bertz CT molecular complexity index is 778. The lowest BCUT2D eigenvalue weighted by atomic mass is 10.1. The van der Waals surface area contributed by atoms with Crippen LogP contribution in [0.25, 0.3) is 0 Å². The van der Waals surface area contributed by atoms with Gasteiger partial charge in [0, 0.05) is 12.6 Å². The number of amides is 3. The summed E-state index contributed by atoms with van der Waals surface area (Å²) in [6.45, 7) is 3.21. The molecule has 0 radical (unpaired) electrons. The lowest BCUT2D eigenvalue weighted by Crippen LogP contribution is -2.43. The maximum absolute atomic E-state index is 12.4. The van der Waals surface area contributed by atoms with Gasteiger partial charge in [0.2, 0.25) is 5.91 Å². The van der Waals surface area contributed by atoms with Gasteiger partial charge in [0.1, 0.15) is 6.67 Å². The quantitative estimate of drug-likeness (QED) is 0.819. The number of fused-ring (bicyclic) bond motifs is 1. The highest BCUT2D eigenvalue weighted by atomic mass is 16.2. The third kappa shape index (κ3) is 2.50. The van der Waals surface area contributed by atoms with E-state index in [-0.39, 0.29) is 24.4 Å². The number of carbonyl (C=O) groups excluding carboxylic acids is 3. The first kappa shape index (κ1) is 15.0. The largest absolute Gasteiger partial charge is 0.294 e. The molecular weight excluding hydrogens is 292 g/mol. The molecule has 0 atom stereocenters. The van der Waals surface area contributed by atoms with Gasteiger partial charge in [-0.1, -0.05) is 30.3 Å². The molecule has 5 nitrogen and oxygen atoms in total.